The second kappa shape index (κ2) is 16.2. The Balaban J connectivity index is 1.83. The Hall–Kier alpha value is -5.19. The first-order valence-electron chi connectivity index (χ1n) is 13.6. The molecule has 0 saturated heterocycles. The number of nitrogens with one attached hydrogen (secondary N) is 5. The Bertz CT molecular complexity index is 1300. The highest BCUT2D eigenvalue weighted by atomic mass is 16.2. The van der Waals surface area contributed by atoms with Crippen LogP contribution in [-0.2, 0) is 33.8 Å². The maximum Gasteiger partial charge on any atom is 0.318 e. The van der Waals surface area contributed by atoms with Gasteiger partial charge in [-0.25, -0.2) is 4.79 Å². The Morgan fingerprint density at radius 3 is 1.83 bits per heavy atom. The van der Waals surface area contributed by atoms with E-state index in [1.165, 1.54) is 7.05 Å². The van der Waals surface area contributed by atoms with E-state index >= 15 is 0 Å². The van der Waals surface area contributed by atoms with Crippen LogP contribution < -0.4 is 27.0 Å². The van der Waals surface area contributed by atoms with E-state index in [-0.39, 0.29) is 37.8 Å². The molecule has 0 aromatic heterocycles. The number of hydrogen-bond donors (Lipinski definition) is 6. The number of carbonyl (C=O) groups is 4. The van der Waals surface area contributed by atoms with Crippen LogP contribution in [0.5, 0.6) is 0 Å². The van der Waals surface area contributed by atoms with Gasteiger partial charge in [0.1, 0.15) is 6.04 Å². The van der Waals surface area contributed by atoms with Crippen LogP contribution in [0.25, 0.3) is 0 Å². The smallest absolute Gasteiger partial charge is 0.318 e. The normalized spacial score (nSPS) is 11.1. The first kappa shape index (κ1) is 31.3. The van der Waals surface area contributed by atoms with E-state index in [4.69, 9.17) is 11.1 Å². The van der Waals surface area contributed by atoms with Crippen molar-refractivity contribution >= 4 is 35.4 Å². The van der Waals surface area contributed by atoms with Crippen molar-refractivity contribution in [2.75, 3.05) is 18.9 Å². The molecule has 3 aromatic rings. The maximum atomic E-state index is 13.7. The Morgan fingerprint density at radius 2 is 1.33 bits per heavy atom. The molecule has 5 amide bonds. The van der Waals surface area contributed by atoms with Crippen LogP contribution in [0.2, 0.25) is 0 Å². The number of hydrogen-bond acceptors (Lipinski definition) is 5. The van der Waals surface area contributed by atoms with Crippen LogP contribution in [0.3, 0.4) is 0 Å². The second-order valence-electron chi connectivity index (χ2n) is 9.60. The summed E-state index contributed by atoms with van der Waals surface area (Å²) in [5.74, 6) is -1.64. The van der Waals surface area contributed by atoms with Gasteiger partial charge in [-0.05, 0) is 41.7 Å². The molecule has 0 aliphatic heterocycles. The van der Waals surface area contributed by atoms with Crippen molar-refractivity contribution in [3.8, 4) is 0 Å². The molecule has 220 valence electrons. The van der Waals surface area contributed by atoms with Crippen molar-refractivity contribution in [3.63, 3.8) is 0 Å². The van der Waals surface area contributed by atoms with Gasteiger partial charge < -0.3 is 27.0 Å². The predicted octanol–water partition coefficient (Wildman–Crippen LogP) is 2.53. The molecule has 0 fully saturated rings. The fourth-order valence-corrected chi connectivity index (χ4v) is 4.30. The number of guanidine groups is 1. The number of nitrogens with two attached hydrogens (primary N) is 1. The number of urea groups is 1. The van der Waals surface area contributed by atoms with Gasteiger partial charge >= 0.3 is 6.03 Å². The highest BCUT2D eigenvalue weighted by molar-refractivity contribution is 6.01. The molecule has 0 spiro atoms. The summed E-state index contributed by atoms with van der Waals surface area (Å²) in [5, 5.41) is 18.1. The van der Waals surface area contributed by atoms with Crippen molar-refractivity contribution in [1.82, 2.24) is 20.9 Å². The number of imide groups is 1. The topological polar surface area (TPSA) is 170 Å². The lowest BCUT2D eigenvalue weighted by Gasteiger charge is -2.30. The van der Waals surface area contributed by atoms with Crippen LogP contribution in [0.4, 0.5) is 10.5 Å². The van der Waals surface area contributed by atoms with Crippen molar-refractivity contribution in [1.29, 1.82) is 5.41 Å². The monoisotopic (exact) mass is 571 g/mol. The summed E-state index contributed by atoms with van der Waals surface area (Å²) in [6.45, 7) is 0.446. The molecule has 0 bridgehead atoms. The highest BCUT2D eigenvalue weighted by Gasteiger charge is 2.34. The molecule has 0 aliphatic carbocycles. The van der Waals surface area contributed by atoms with E-state index in [9.17, 15) is 19.2 Å². The first-order valence-corrected chi connectivity index (χ1v) is 13.6. The number of amides is 5. The number of nitrogens with zero attached hydrogens (tertiary/aromatic N) is 1. The van der Waals surface area contributed by atoms with E-state index < -0.39 is 23.8 Å². The van der Waals surface area contributed by atoms with E-state index in [1.807, 2.05) is 36.4 Å². The Kier molecular flexibility index (Phi) is 12.1. The molecular weight excluding hydrogens is 534 g/mol. The minimum Gasteiger partial charge on any atom is -0.370 e. The number of rotatable bonds is 13. The molecule has 0 saturated carbocycles. The van der Waals surface area contributed by atoms with Gasteiger partial charge in [-0.3, -0.25) is 24.7 Å². The zero-order valence-corrected chi connectivity index (χ0v) is 23.6. The molecule has 11 nitrogen and oxygen atoms in total. The van der Waals surface area contributed by atoms with E-state index in [0.717, 1.165) is 21.6 Å². The maximum absolute atomic E-state index is 13.7. The lowest BCUT2D eigenvalue weighted by Crippen LogP contribution is -2.53. The van der Waals surface area contributed by atoms with Crippen LogP contribution in [-0.4, -0.2) is 54.2 Å². The van der Waals surface area contributed by atoms with Gasteiger partial charge in [-0.2, -0.15) is 0 Å². The average Bonchev–Trinajstić information content (AvgIpc) is 2.98. The van der Waals surface area contributed by atoms with Crippen molar-refractivity contribution in [2.45, 2.75) is 38.3 Å². The van der Waals surface area contributed by atoms with Gasteiger partial charge in [-0.1, -0.05) is 72.8 Å². The van der Waals surface area contributed by atoms with Crippen molar-refractivity contribution < 1.29 is 19.2 Å². The average molecular weight is 572 g/mol. The largest absolute Gasteiger partial charge is 0.370 e. The minimum absolute atomic E-state index is 0.0450. The first-order chi connectivity index (χ1) is 20.3. The van der Waals surface area contributed by atoms with Crippen molar-refractivity contribution in [3.05, 3.63) is 102 Å². The zero-order chi connectivity index (χ0) is 30.3. The van der Waals surface area contributed by atoms with E-state index in [0.29, 0.717) is 18.7 Å². The van der Waals surface area contributed by atoms with Gasteiger partial charge in [0.15, 0.2) is 5.96 Å². The summed E-state index contributed by atoms with van der Waals surface area (Å²) in [5.41, 5.74) is 8.20. The standard InChI is InChI=1S/C31H37N7O4/c1-34-31(42)37-25-16-14-24(15-17-25)21-36-29(41)26(13-8-18-35-30(32)33)38(27(39)19-22-9-4-2-5-10-22)28(40)20-23-11-6-3-7-12-23/h2-7,9-12,14-17,26H,8,13,18-21H2,1H3,(H,36,41)(H4,32,33,35)(H2,34,37,42). The Morgan fingerprint density at radius 1 is 0.786 bits per heavy atom. The molecule has 1 unspecified atom stereocenters. The van der Waals surface area contributed by atoms with Crippen LogP contribution in [0.1, 0.15) is 29.5 Å². The fraction of sp³-hybridized carbons (Fsp3) is 0.258. The quantitative estimate of drug-likeness (QED) is 0.105. The van der Waals surface area contributed by atoms with E-state index in [2.05, 4.69) is 21.3 Å². The number of benzene rings is 3. The fourth-order valence-electron chi connectivity index (χ4n) is 4.30. The molecule has 0 radical (unpaired) electrons. The third-order valence-corrected chi connectivity index (χ3v) is 6.42. The number of anilines is 1. The van der Waals surface area contributed by atoms with Gasteiger partial charge in [0.2, 0.25) is 17.7 Å². The van der Waals surface area contributed by atoms with Gasteiger partial charge in [-0.15, -0.1) is 0 Å². The molecule has 1 atom stereocenters. The van der Waals surface area contributed by atoms with Gasteiger partial charge in [0.05, 0.1) is 12.8 Å². The van der Waals surface area contributed by atoms with Crippen LogP contribution >= 0.6 is 0 Å². The summed E-state index contributed by atoms with van der Waals surface area (Å²) >= 11 is 0. The molecule has 7 N–H and O–H groups in total. The summed E-state index contributed by atoms with van der Waals surface area (Å²) in [6, 6.07) is 23.6. The van der Waals surface area contributed by atoms with Gasteiger partial charge in [0.25, 0.3) is 0 Å². The summed E-state index contributed by atoms with van der Waals surface area (Å²) < 4.78 is 0. The lowest BCUT2D eigenvalue weighted by atomic mass is 10.0. The minimum atomic E-state index is -1.08. The summed E-state index contributed by atoms with van der Waals surface area (Å²) in [7, 11) is 1.52. The second-order valence-corrected chi connectivity index (χ2v) is 9.60. The van der Waals surface area contributed by atoms with Gasteiger partial charge in [0, 0.05) is 25.8 Å². The SMILES string of the molecule is CNC(=O)Nc1ccc(CNC(=O)C(CCCNC(=N)N)N(C(=O)Cc2ccccc2)C(=O)Cc2ccccc2)cc1. The van der Waals surface area contributed by atoms with Crippen molar-refractivity contribution in [2.24, 2.45) is 5.73 Å². The lowest BCUT2D eigenvalue weighted by molar-refractivity contribution is -0.151. The molecule has 3 aromatic carbocycles. The van der Waals surface area contributed by atoms with Crippen LogP contribution in [0.15, 0.2) is 84.9 Å². The van der Waals surface area contributed by atoms with Crippen LogP contribution in [0, 0.1) is 5.41 Å². The molecule has 11 heteroatoms. The third kappa shape index (κ3) is 10.1. The summed E-state index contributed by atoms with van der Waals surface area (Å²) in [4.78, 5) is 53.6. The number of carbonyl (C=O) groups excluding carboxylic acids is 4. The highest BCUT2D eigenvalue weighted by Crippen LogP contribution is 2.16. The Labute approximate surface area is 245 Å². The van der Waals surface area contributed by atoms with E-state index in [1.54, 1.807) is 48.5 Å². The molecule has 3 rings (SSSR count). The molecule has 0 aliphatic rings. The third-order valence-electron chi connectivity index (χ3n) is 6.42. The zero-order valence-electron chi connectivity index (χ0n) is 23.6. The predicted molar refractivity (Wildman–Crippen MR) is 161 cm³/mol. The molecule has 0 heterocycles. The molecule has 42 heavy (non-hydrogen) atoms. The molecular formula is C31H37N7O4. The summed E-state index contributed by atoms with van der Waals surface area (Å²) in [6.07, 6.45) is 0.459.